The van der Waals surface area contributed by atoms with Crippen LogP contribution in [0.3, 0.4) is 0 Å². The summed E-state index contributed by atoms with van der Waals surface area (Å²) >= 11 is 3.46. The smallest absolute Gasteiger partial charge is 0.339 e. The maximum atomic E-state index is 12.5. The standard InChI is InChI=1S/C21H23BrN2O5/c1-14-2-5-19(17(22)12-14)29-11-6-20(26)24-9-7-23(8-10-24)15-3-4-18(25)16(13-15)21(27)28/h2-5,12-13,25H,6-11H2,1H3,(H,27,28). The van der Waals surface area contributed by atoms with Crippen molar-refractivity contribution in [2.75, 3.05) is 37.7 Å². The van der Waals surface area contributed by atoms with Crippen LogP contribution in [-0.4, -0.2) is 59.8 Å². The fraction of sp³-hybridized carbons (Fsp3) is 0.333. The molecule has 8 heteroatoms. The predicted octanol–water partition coefficient (Wildman–Crippen LogP) is 3.28. The van der Waals surface area contributed by atoms with Crippen molar-refractivity contribution >= 4 is 33.5 Å². The van der Waals surface area contributed by atoms with Crippen LogP contribution >= 0.6 is 15.9 Å². The summed E-state index contributed by atoms with van der Waals surface area (Å²) in [5.41, 5.74) is 1.72. The molecule has 1 heterocycles. The number of carbonyl (C=O) groups excluding carboxylic acids is 1. The minimum Gasteiger partial charge on any atom is -0.507 e. The number of anilines is 1. The summed E-state index contributed by atoms with van der Waals surface area (Å²) in [4.78, 5) is 27.5. The molecular formula is C21H23BrN2O5. The van der Waals surface area contributed by atoms with Crippen molar-refractivity contribution in [1.29, 1.82) is 0 Å². The zero-order chi connectivity index (χ0) is 21.0. The van der Waals surface area contributed by atoms with Gasteiger partial charge in [0.25, 0.3) is 0 Å². The number of aromatic carboxylic acids is 1. The predicted molar refractivity (Wildman–Crippen MR) is 113 cm³/mol. The van der Waals surface area contributed by atoms with Gasteiger partial charge < -0.3 is 24.7 Å². The van der Waals surface area contributed by atoms with Crippen molar-refractivity contribution in [3.63, 3.8) is 0 Å². The lowest BCUT2D eigenvalue weighted by Crippen LogP contribution is -2.49. The molecule has 2 N–H and O–H groups in total. The van der Waals surface area contributed by atoms with Gasteiger partial charge in [0.05, 0.1) is 17.5 Å². The fourth-order valence-electron chi connectivity index (χ4n) is 3.24. The molecule has 1 aliphatic heterocycles. The zero-order valence-electron chi connectivity index (χ0n) is 16.1. The molecule has 3 rings (SSSR count). The normalized spacial score (nSPS) is 14.0. The molecule has 0 aromatic heterocycles. The van der Waals surface area contributed by atoms with Crippen LogP contribution in [0, 0.1) is 6.92 Å². The monoisotopic (exact) mass is 462 g/mol. The molecule has 2 aromatic carbocycles. The summed E-state index contributed by atoms with van der Waals surface area (Å²) in [7, 11) is 0. The second-order valence-corrected chi connectivity index (χ2v) is 7.76. The van der Waals surface area contributed by atoms with E-state index < -0.39 is 5.97 Å². The van der Waals surface area contributed by atoms with Gasteiger partial charge in [0.15, 0.2) is 0 Å². The third-order valence-corrected chi connectivity index (χ3v) is 5.49. The lowest BCUT2D eigenvalue weighted by Gasteiger charge is -2.36. The Balaban J connectivity index is 1.49. The van der Waals surface area contributed by atoms with E-state index in [1.165, 1.54) is 12.1 Å². The number of aromatic hydroxyl groups is 1. The fourth-order valence-corrected chi connectivity index (χ4v) is 3.84. The number of hydrogen-bond donors (Lipinski definition) is 2. The van der Waals surface area contributed by atoms with E-state index in [-0.39, 0.29) is 17.2 Å². The quantitative estimate of drug-likeness (QED) is 0.684. The van der Waals surface area contributed by atoms with E-state index >= 15 is 0 Å². The van der Waals surface area contributed by atoms with Crippen molar-refractivity contribution < 1.29 is 24.5 Å². The topological polar surface area (TPSA) is 90.3 Å². The van der Waals surface area contributed by atoms with Crippen LogP contribution in [0.5, 0.6) is 11.5 Å². The SMILES string of the molecule is Cc1ccc(OCCC(=O)N2CCN(c3ccc(O)c(C(=O)O)c3)CC2)c(Br)c1. The Bertz CT molecular complexity index is 910. The van der Waals surface area contributed by atoms with E-state index in [0.29, 0.717) is 39.2 Å². The minimum absolute atomic E-state index is 0.0322. The van der Waals surface area contributed by atoms with Crippen molar-refractivity contribution in [2.45, 2.75) is 13.3 Å². The number of benzene rings is 2. The molecule has 0 radical (unpaired) electrons. The Morgan fingerprint density at radius 1 is 1.10 bits per heavy atom. The molecule has 2 aromatic rings. The van der Waals surface area contributed by atoms with Gasteiger partial charge in [-0.05, 0) is 58.7 Å². The molecular weight excluding hydrogens is 440 g/mol. The largest absolute Gasteiger partial charge is 0.507 e. The summed E-state index contributed by atoms with van der Waals surface area (Å²) in [5.74, 6) is -0.673. The number of hydrogen-bond acceptors (Lipinski definition) is 5. The summed E-state index contributed by atoms with van der Waals surface area (Å²) in [6.45, 7) is 4.60. The third-order valence-electron chi connectivity index (χ3n) is 4.87. The second-order valence-electron chi connectivity index (χ2n) is 6.91. The Morgan fingerprint density at radius 2 is 1.83 bits per heavy atom. The molecule has 7 nitrogen and oxygen atoms in total. The van der Waals surface area contributed by atoms with Gasteiger partial charge in [0.1, 0.15) is 17.1 Å². The minimum atomic E-state index is -1.17. The third kappa shape index (κ3) is 5.20. The molecule has 1 fully saturated rings. The number of rotatable bonds is 6. The number of halogens is 1. The Morgan fingerprint density at radius 3 is 2.48 bits per heavy atom. The van der Waals surface area contributed by atoms with Crippen LogP contribution in [0.25, 0.3) is 0 Å². The van der Waals surface area contributed by atoms with E-state index in [0.717, 1.165) is 21.5 Å². The van der Waals surface area contributed by atoms with Crippen molar-refractivity contribution in [3.05, 3.63) is 52.0 Å². The van der Waals surface area contributed by atoms with Crippen LogP contribution in [0.1, 0.15) is 22.3 Å². The van der Waals surface area contributed by atoms with Crippen LogP contribution in [0.15, 0.2) is 40.9 Å². The molecule has 0 atom stereocenters. The summed E-state index contributed by atoms with van der Waals surface area (Å²) in [5, 5.41) is 18.8. The molecule has 1 amide bonds. The number of phenols is 1. The molecule has 1 aliphatic rings. The Labute approximate surface area is 177 Å². The highest BCUT2D eigenvalue weighted by Gasteiger charge is 2.22. The number of piperazine rings is 1. The van der Waals surface area contributed by atoms with Gasteiger partial charge in [-0.2, -0.15) is 0 Å². The maximum absolute atomic E-state index is 12.5. The van der Waals surface area contributed by atoms with Crippen molar-refractivity contribution in [1.82, 2.24) is 4.90 Å². The van der Waals surface area contributed by atoms with Crippen molar-refractivity contribution in [2.24, 2.45) is 0 Å². The van der Waals surface area contributed by atoms with Crippen molar-refractivity contribution in [3.8, 4) is 11.5 Å². The highest BCUT2D eigenvalue weighted by molar-refractivity contribution is 9.10. The Hall–Kier alpha value is -2.74. The first-order valence-electron chi connectivity index (χ1n) is 9.33. The molecule has 0 spiro atoms. The maximum Gasteiger partial charge on any atom is 0.339 e. The van der Waals surface area contributed by atoms with Crippen LogP contribution in [0.2, 0.25) is 0 Å². The highest BCUT2D eigenvalue weighted by Crippen LogP contribution is 2.26. The zero-order valence-corrected chi connectivity index (χ0v) is 17.7. The number of nitrogens with zero attached hydrogens (tertiary/aromatic N) is 2. The van der Waals surface area contributed by atoms with Crippen LogP contribution in [-0.2, 0) is 4.79 Å². The van der Waals surface area contributed by atoms with Crippen LogP contribution in [0.4, 0.5) is 5.69 Å². The average Bonchev–Trinajstić information content (AvgIpc) is 2.70. The van der Waals surface area contributed by atoms with Gasteiger partial charge >= 0.3 is 5.97 Å². The second kappa shape index (κ2) is 9.17. The summed E-state index contributed by atoms with van der Waals surface area (Å²) in [6.07, 6.45) is 0.294. The average molecular weight is 463 g/mol. The van der Waals surface area contributed by atoms with E-state index in [1.54, 1.807) is 11.0 Å². The number of aryl methyl sites for hydroxylation is 1. The number of ether oxygens (including phenoxy) is 1. The molecule has 0 aliphatic carbocycles. The first kappa shape index (κ1) is 21.0. The molecule has 1 saturated heterocycles. The molecule has 29 heavy (non-hydrogen) atoms. The summed E-state index contributed by atoms with van der Waals surface area (Å²) in [6, 6.07) is 10.3. The lowest BCUT2D eigenvalue weighted by molar-refractivity contribution is -0.132. The first-order valence-corrected chi connectivity index (χ1v) is 10.1. The van der Waals surface area contributed by atoms with Gasteiger partial charge in [-0.15, -0.1) is 0 Å². The van der Waals surface area contributed by atoms with E-state index in [9.17, 15) is 14.7 Å². The molecule has 154 valence electrons. The summed E-state index contributed by atoms with van der Waals surface area (Å²) < 4.78 is 6.58. The number of carboxylic acids is 1. The lowest BCUT2D eigenvalue weighted by atomic mass is 10.1. The molecule has 0 bridgehead atoms. The number of carbonyl (C=O) groups is 2. The van der Waals surface area contributed by atoms with Gasteiger partial charge in [0, 0.05) is 31.9 Å². The van der Waals surface area contributed by atoms with Gasteiger partial charge in [0.2, 0.25) is 5.91 Å². The molecule has 0 unspecified atom stereocenters. The first-order chi connectivity index (χ1) is 13.8. The van der Waals surface area contributed by atoms with E-state index in [1.807, 2.05) is 30.0 Å². The Kier molecular flexibility index (Phi) is 6.64. The van der Waals surface area contributed by atoms with E-state index in [2.05, 4.69) is 15.9 Å². The van der Waals surface area contributed by atoms with Crippen LogP contribution < -0.4 is 9.64 Å². The number of amides is 1. The number of carboxylic acid groups (broad SMARTS) is 1. The van der Waals surface area contributed by atoms with Gasteiger partial charge in [-0.1, -0.05) is 6.07 Å². The van der Waals surface area contributed by atoms with Gasteiger partial charge in [-0.25, -0.2) is 4.79 Å². The van der Waals surface area contributed by atoms with E-state index in [4.69, 9.17) is 9.84 Å². The highest BCUT2D eigenvalue weighted by atomic mass is 79.9. The molecule has 0 saturated carbocycles. The van der Waals surface area contributed by atoms with Gasteiger partial charge in [-0.3, -0.25) is 4.79 Å².